The molecule has 0 radical (unpaired) electrons. The maximum Gasteiger partial charge on any atom is 0.184 e. The van der Waals surface area contributed by atoms with Gasteiger partial charge in [0.05, 0.1) is 24.4 Å². The number of rotatable bonds is 8. The zero-order valence-electron chi connectivity index (χ0n) is 21.9. The summed E-state index contributed by atoms with van der Waals surface area (Å²) >= 11 is 0. The fourth-order valence-corrected chi connectivity index (χ4v) is 7.36. The Morgan fingerprint density at radius 3 is 2.24 bits per heavy atom. The van der Waals surface area contributed by atoms with E-state index < -0.39 is 15.1 Å². The zero-order chi connectivity index (χ0) is 25.2. The van der Waals surface area contributed by atoms with Crippen LogP contribution in [0.15, 0.2) is 46.9 Å². The monoisotopic (exact) mass is 484 g/mol. The molecule has 3 rings (SSSR count). The van der Waals surface area contributed by atoms with E-state index in [9.17, 15) is 8.42 Å². The van der Waals surface area contributed by atoms with Crippen LogP contribution in [-0.2, 0) is 9.84 Å². The van der Waals surface area contributed by atoms with Crippen molar-refractivity contribution < 1.29 is 17.9 Å². The Hall–Kier alpha value is -2.27. The number of sulfone groups is 1. The molecule has 1 aliphatic rings. The number of allylic oxidation sites excluding steroid dienone is 1. The second-order valence-electron chi connectivity index (χ2n) is 10.2. The summed E-state index contributed by atoms with van der Waals surface area (Å²) in [7, 11) is -0.0975. The highest BCUT2D eigenvalue weighted by Crippen LogP contribution is 2.51. The summed E-state index contributed by atoms with van der Waals surface area (Å²) in [6.45, 7) is 12.4. The van der Waals surface area contributed by atoms with Crippen molar-refractivity contribution in [2.75, 3.05) is 14.2 Å². The quantitative estimate of drug-likeness (QED) is 0.374. The van der Waals surface area contributed by atoms with Gasteiger partial charge in [0.2, 0.25) is 0 Å². The SMILES string of the molecule is COc1c(C)cc2c(c1OC)[C@@H](C)CC[C@@H]2[C@@H](C)CC(C=C(C)C)S(=O)(=O)c1ccc(C)cc1. The van der Waals surface area contributed by atoms with Crippen molar-refractivity contribution in [2.45, 2.75) is 82.8 Å². The molecule has 0 fully saturated rings. The van der Waals surface area contributed by atoms with Crippen molar-refractivity contribution in [3.63, 3.8) is 0 Å². The zero-order valence-corrected chi connectivity index (χ0v) is 22.8. The van der Waals surface area contributed by atoms with E-state index in [0.29, 0.717) is 17.2 Å². The molecule has 1 unspecified atom stereocenters. The highest BCUT2D eigenvalue weighted by Gasteiger charge is 2.36. The van der Waals surface area contributed by atoms with Gasteiger partial charge in [-0.2, -0.15) is 0 Å². The minimum atomic E-state index is -3.49. The highest BCUT2D eigenvalue weighted by atomic mass is 32.2. The molecule has 0 aliphatic heterocycles. The fraction of sp³-hybridized carbons (Fsp3) is 0.517. The molecule has 2 aromatic carbocycles. The smallest absolute Gasteiger partial charge is 0.184 e. The van der Waals surface area contributed by atoms with Crippen LogP contribution in [0.4, 0.5) is 0 Å². The molecule has 0 saturated carbocycles. The molecular weight excluding hydrogens is 444 g/mol. The lowest BCUT2D eigenvalue weighted by Crippen LogP contribution is -2.27. The molecular formula is C29H40O4S. The molecule has 4 nitrogen and oxygen atoms in total. The van der Waals surface area contributed by atoms with Crippen LogP contribution >= 0.6 is 0 Å². The Kier molecular flexibility index (Phi) is 8.18. The van der Waals surface area contributed by atoms with Crippen molar-refractivity contribution >= 4 is 9.84 Å². The minimum absolute atomic E-state index is 0.185. The van der Waals surface area contributed by atoms with Crippen molar-refractivity contribution in [2.24, 2.45) is 5.92 Å². The van der Waals surface area contributed by atoms with Gasteiger partial charge in [-0.3, -0.25) is 0 Å². The van der Waals surface area contributed by atoms with Gasteiger partial charge < -0.3 is 9.47 Å². The maximum atomic E-state index is 13.7. The van der Waals surface area contributed by atoms with Crippen LogP contribution in [0.5, 0.6) is 11.5 Å². The first-order chi connectivity index (χ1) is 16.0. The van der Waals surface area contributed by atoms with Crippen LogP contribution in [0, 0.1) is 19.8 Å². The van der Waals surface area contributed by atoms with Gasteiger partial charge in [-0.1, -0.05) is 49.3 Å². The van der Waals surface area contributed by atoms with Crippen molar-refractivity contribution in [3.05, 3.63) is 64.2 Å². The van der Waals surface area contributed by atoms with Crippen LogP contribution in [0.25, 0.3) is 0 Å². The molecule has 1 aliphatic carbocycles. The molecule has 0 saturated heterocycles. The summed E-state index contributed by atoms with van der Waals surface area (Å²) in [4.78, 5) is 0.396. The van der Waals surface area contributed by atoms with E-state index in [1.165, 1.54) is 11.1 Å². The van der Waals surface area contributed by atoms with Gasteiger partial charge in [0.1, 0.15) is 0 Å². The largest absolute Gasteiger partial charge is 0.493 e. The molecule has 0 aromatic heterocycles. The van der Waals surface area contributed by atoms with Crippen molar-refractivity contribution in [3.8, 4) is 11.5 Å². The normalized spacial score (nSPS) is 19.6. The molecule has 4 atom stereocenters. The topological polar surface area (TPSA) is 52.6 Å². The summed E-state index contributed by atoms with van der Waals surface area (Å²) in [6, 6.07) is 9.45. The molecule has 5 heteroatoms. The molecule has 34 heavy (non-hydrogen) atoms. The highest BCUT2D eigenvalue weighted by molar-refractivity contribution is 7.92. The molecule has 186 valence electrons. The van der Waals surface area contributed by atoms with E-state index in [-0.39, 0.29) is 11.8 Å². The van der Waals surface area contributed by atoms with Gasteiger partial charge in [0.15, 0.2) is 21.3 Å². The Morgan fingerprint density at radius 1 is 1.06 bits per heavy atom. The van der Waals surface area contributed by atoms with Gasteiger partial charge in [0.25, 0.3) is 0 Å². The van der Waals surface area contributed by atoms with Crippen LogP contribution in [-0.4, -0.2) is 27.9 Å². The predicted molar refractivity (Wildman–Crippen MR) is 140 cm³/mol. The number of hydrogen-bond acceptors (Lipinski definition) is 4. The average Bonchev–Trinajstić information content (AvgIpc) is 2.77. The lowest BCUT2D eigenvalue weighted by Gasteiger charge is -2.36. The maximum absolute atomic E-state index is 13.7. The van der Waals surface area contributed by atoms with Gasteiger partial charge in [-0.05, 0) is 88.0 Å². The summed E-state index contributed by atoms with van der Waals surface area (Å²) in [5.41, 5.74) is 5.63. The number of hydrogen-bond donors (Lipinski definition) is 0. The first-order valence-corrected chi connectivity index (χ1v) is 13.8. The van der Waals surface area contributed by atoms with E-state index in [4.69, 9.17) is 9.47 Å². The molecule has 0 spiro atoms. The molecule has 0 heterocycles. The number of benzene rings is 2. The van der Waals surface area contributed by atoms with Crippen LogP contribution in [0.3, 0.4) is 0 Å². The van der Waals surface area contributed by atoms with E-state index in [2.05, 4.69) is 26.8 Å². The standard InChI is InChI=1S/C29H40O4S/c1-18(2)15-24(34(30,31)23-12-9-19(3)10-13-23)16-21(5)25-14-11-20(4)27-26(25)17-22(6)28(32-7)29(27)33-8/h9-10,12-13,15,17,20-21,24-25H,11,14,16H2,1-8H3/t20-,21-,24?,25+/m0/s1. The van der Waals surface area contributed by atoms with Crippen molar-refractivity contribution in [1.82, 2.24) is 0 Å². The predicted octanol–water partition coefficient (Wildman–Crippen LogP) is 7.14. The first kappa shape index (κ1) is 26.3. The lowest BCUT2D eigenvalue weighted by molar-refractivity contribution is 0.329. The van der Waals surface area contributed by atoms with Gasteiger partial charge in [-0.25, -0.2) is 8.42 Å². The van der Waals surface area contributed by atoms with E-state index in [1.54, 1.807) is 26.4 Å². The summed E-state index contributed by atoms with van der Waals surface area (Å²) in [5.74, 6) is 2.45. The third-order valence-corrected chi connectivity index (χ3v) is 9.32. The Labute approximate surface area is 206 Å². The number of ether oxygens (including phenoxy) is 2. The van der Waals surface area contributed by atoms with E-state index in [0.717, 1.165) is 41.0 Å². The summed E-state index contributed by atoms with van der Waals surface area (Å²) in [6.07, 6.45) is 4.59. The molecule has 2 aromatic rings. The Bertz CT molecular complexity index is 1140. The second-order valence-corrected chi connectivity index (χ2v) is 12.4. The summed E-state index contributed by atoms with van der Waals surface area (Å²) < 4.78 is 38.8. The number of methoxy groups -OCH3 is 2. The Balaban J connectivity index is 2.01. The lowest BCUT2D eigenvalue weighted by atomic mass is 9.70. The number of fused-ring (bicyclic) bond motifs is 1. The third-order valence-electron chi connectivity index (χ3n) is 7.26. The second kappa shape index (κ2) is 10.6. The first-order valence-electron chi connectivity index (χ1n) is 12.2. The fourth-order valence-electron chi connectivity index (χ4n) is 5.49. The minimum Gasteiger partial charge on any atom is -0.493 e. The third kappa shape index (κ3) is 5.19. The van der Waals surface area contributed by atoms with Gasteiger partial charge >= 0.3 is 0 Å². The molecule has 0 bridgehead atoms. The van der Waals surface area contributed by atoms with Crippen molar-refractivity contribution in [1.29, 1.82) is 0 Å². The van der Waals surface area contributed by atoms with Crippen LogP contribution < -0.4 is 9.47 Å². The average molecular weight is 485 g/mol. The van der Waals surface area contributed by atoms with Crippen LogP contribution in [0.2, 0.25) is 0 Å². The Morgan fingerprint density at radius 2 is 1.68 bits per heavy atom. The van der Waals surface area contributed by atoms with E-state index >= 15 is 0 Å². The summed E-state index contributed by atoms with van der Waals surface area (Å²) in [5, 5.41) is -0.556. The number of aryl methyl sites for hydroxylation is 2. The molecule has 0 amide bonds. The van der Waals surface area contributed by atoms with Gasteiger partial charge in [0, 0.05) is 5.56 Å². The van der Waals surface area contributed by atoms with Gasteiger partial charge in [-0.15, -0.1) is 0 Å². The van der Waals surface area contributed by atoms with Crippen LogP contribution in [0.1, 0.15) is 81.0 Å². The molecule has 0 N–H and O–H groups in total. The van der Waals surface area contributed by atoms with E-state index in [1.807, 2.05) is 39.0 Å².